The second-order valence-electron chi connectivity index (χ2n) is 5.57. The molecule has 0 atom stereocenters. The molecule has 7 heteroatoms. The van der Waals surface area contributed by atoms with E-state index in [-0.39, 0.29) is 0 Å². The van der Waals surface area contributed by atoms with Crippen molar-refractivity contribution in [2.75, 3.05) is 11.3 Å². The molecule has 2 aromatic heterocycles. The van der Waals surface area contributed by atoms with Crippen LogP contribution in [0.15, 0.2) is 35.6 Å². The van der Waals surface area contributed by atoms with E-state index in [1.807, 2.05) is 30.5 Å². The minimum Gasteiger partial charge on any atom is -0.361 e. The largest absolute Gasteiger partial charge is 0.361 e. The van der Waals surface area contributed by atoms with Gasteiger partial charge in [0.2, 0.25) is 0 Å². The number of para-hydroxylation sites is 1. The Morgan fingerprint density at radius 3 is 3.00 bits per heavy atom. The highest BCUT2D eigenvalue weighted by Crippen LogP contribution is 2.15. The van der Waals surface area contributed by atoms with Gasteiger partial charge in [0.15, 0.2) is 5.82 Å². The van der Waals surface area contributed by atoms with E-state index >= 15 is 0 Å². The maximum Gasteiger partial charge on any atom is 0.263 e. The standard InChI is InChI=1S/C15H19N7/c1-10(2)7-14-19-21-15(22(14)16)20-18-9-11-8-17-13-6-4-3-5-12(11)13/h3-6,8-10,17H,7,16H2,1-2H3,(H,20,21)/b18-9+. The van der Waals surface area contributed by atoms with E-state index in [9.17, 15) is 0 Å². The summed E-state index contributed by atoms with van der Waals surface area (Å²) in [5, 5.41) is 13.4. The number of anilines is 1. The number of nitrogens with zero attached hydrogens (tertiary/aromatic N) is 4. The Kier molecular flexibility index (Phi) is 3.78. The van der Waals surface area contributed by atoms with Gasteiger partial charge in [0.1, 0.15) is 0 Å². The lowest BCUT2D eigenvalue weighted by Gasteiger charge is -2.04. The number of hydrogen-bond donors (Lipinski definition) is 3. The molecule has 0 aliphatic carbocycles. The number of nitrogens with one attached hydrogen (secondary N) is 2. The Morgan fingerprint density at radius 2 is 2.18 bits per heavy atom. The van der Waals surface area contributed by atoms with Crippen molar-refractivity contribution in [3.8, 4) is 0 Å². The van der Waals surface area contributed by atoms with Crippen LogP contribution in [0.5, 0.6) is 0 Å². The molecule has 0 saturated heterocycles. The lowest BCUT2D eigenvalue weighted by Crippen LogP contribution is -2.16. The Hall–Kier alpha value is -2.83. The SMILES string of the molecule is CC(C)Cc1nnc(N/N=C/c2c[nH]c3ccccc23)n1N. The fraction of sp³-hybridized carbons (Fsp3) is 0.267. The van der Waals surface area contributed by atoms with E-state index in [2.05, 4.69) is 39.6 Å². The van der Waals surface area contributed by atoms with Crippen molar-refractivity contribution in [2.45, 2.75) is 20.3 Å². The van der Waals surface area contributed by atoms with Gasteiger partial charge in [0, 0.05) is 29.1 Å². The third kappa shape index (κ3) is 2.78. The first-order valence-corrected chi connectivity index (χ1v) is 7.19. The van der Waals surface area contributed by atoms with Crippen LogP contribution < -0.4 is 11.3 Å². The lowest BCUT2D eigenvalue weighted by molar-refractivity contribution is 0.608. The third-order valence-corrected chi connectivity index (χ3v) is 3.35. The van der Waals surface area contributed by atoms with Crippen LogP contribution in [0, 0.1) is 5.92 Å². The number of benzene rings is 1. The molecule has 0 fully saturated rings. The highest BCUT2D eigenvalue weighted by Gasteiger charge is 2.10. The second kappa shape index (κ2) is 5.88. The van der Waals surface area contributed by atoms with Gasteiger partial charge < -0.3 is 10.8 Å². The highest BCUT2D eigenvalue weighted by molar-refractivity contribution is 5.99. The molecule has 0 radical (unpaired) electrons. The number of H-pyrrole nitrogens is 1. The Labute approximate surface area is 128 Å². The van der Waals surface area contributed by atoms with Gasteiger partial charge >= 0.3 is 0 Å². The van der Waals surface area contributed by atoms with Crippen LogP contribution >= 0.6 is 0 Å². The highest BCUT2D eigenvalue weighted by atomic mass is 15.5. The molecule has 3 aromatic rings. The number of fused-ring (bicyclic) bond motifs is 1. The summed E-state index contributed by atoms with van der Waals surface area (Å²) in [6, 6.07) is 8.05. The van der Waals surface area contributed by atoms with Crippen LogP contribution in [-0.2, 0) is 6.42 Å². The molecule has 0 spiro atoms. The van der Waals surface area contributed by atoms with E-state index in [0.29, 0.717) is 11.9 Å². The number of hydrogen-bond acceptors (Lipinski definition) is 5. The summed E-state index contributed by atoms with van der Waals surface area (Å²) in [7, 11) is 0. The van der Waals surface area contributed by atoms with E-state index in [1.165, 1.54) is 4.68 Å². The first-order chi connectivity index (χ1) is 10.6. The molecule has 114 valence electrons. The van der Waals surface area contributed by atoms with Crippen LogP contribution in [0.2, 0.25) is 0 Å². The third-order valence-electron chi connectivity index (χ3n) is 3.35. The summed E-state index contributed by atoms with van der Waals surface area (Å²) in [4.78, 5) is 3.20. The van der Waals surface area contributed by atoms with E-state index in [1.54, 1.807) is 6.21 Å². The van der Waals surface area contributed by atoms with Gasteiger partial charge in [0.25, 0.3) is 5.95 Å². The summed E-state index contributed by atoms with van der Waals surface area (Å²) in [5.41, 5.74) is 4.90. The van der Waals surface area contributed by atoms with Crippen LogP contribution in [0.25, 0.3) is 10.9 Å². The van der Waals surface area contributed by atoms with Crippen molar-refractivity contribution in [3.05, 3.63) is 41.9 Å². The summed E-state index contributed by atoms with van der Waals surface area (Å²) in [6.07, 6.45) is 4.42. The fourth-order valence-electron chi connectivity index (χ4n) is 2.26. The molecule has 2 heterocycles. The average Bonchev–Trinajstić information content (AvgIpc) is 3.05. The molecule has 0 aliphatic rings. The van der Waals surface area contributed by atoms with Gasteiger partial charge in [-0.05, 0) is 12.0 Å². The van der Waals surface area contributed by atoms with Crippen molar-refractivity contribution in [2.24, 2.45) is 11.0 Å². The van der Waals surface area contributed by atoms with Crippen LogP contribution in [0.4, 0.5) is 5.95 Å². The van der Waals surface area contributed by atoms with Crippen molar-refractivity contribution in [1.29, 1.82) is 0 Å². The number of aromatic amines is 1. The summed E-state index contributed by atoms with van der Waals surface area (Å²) >= 11 is 0. The second-order valence-corrected chi connectivity index (χ2v) is 5.57. The van der Waals surface area contributed by atoms with Crippen LogP contribution in [-0.4, -0.2) is 26.1 Å². The molecule has 1 aromatic carbocycles. The summed E-state index contributed by atoms with van der Waals surface area (Å²) < 4.78 is 1.44. The van der Waals surface area contributed by atoms with Crippen LogP contribution in [0.1, 0.15) is 25.2 Å². The molecule has 0 saturated carbocycles. The van der Waals surface area contributed by atoms with E-state index in [4.69, 9.17) is 5.84 Å². The minimum absolute atomic E-state index is 0.423. The van der Waals surface area contributed by atoms with Crippen molar-refractivity contribution >= 4 is 23.1 Å². The predicted molar refractivity (Wildman–Crippen MR) is 88.2 cm³/mol. The number of nitrogen functional groups attached to an aromatic ring is 1. The number of aromatic nitrogens is 4. The molecular weight excluding hydrogens is 278 g/mol. The average molecular weight is 297 g/mol. The van der Waals surface area contributed by atoms with Gasteiger partial charge in [-0.2, -0.15) is 5.10 Å². The molecule has 3 rings (SSSR count). The normalized spacial score (nSPS) is 11.8. The Balaban J connectivity index is 1.73. The Morgan fingerprint density at radius 1 is 1.36 bits per heavy atom. The van der Waals surface area contributed by atoms with Crippen LogP contribution in [0.3, 0.4) is 0 Å². The van der Waals surface area contributed by atoms with Gasteiger partial charge in [0.05, 0.1) is 6.21 Å². The number of rotatable bonds is 5. The zero-order chi connectivity index (χ0) is 15.5. The number of hydrazone groups is 1. The molecule has 4 N–H and O–H groups in total. The minimum atomic E-state index is 0.423. The zero-order valence-corrected chi connectivity index (χ0v) is 12.6. The molecule has 0 unspecified atom stereocenters. The maximum absolute atomic E-state index is 5.95. The van der Waals surface area contributed by atoms with Crippen molar-refractivity contribution in [1.82, 2.24) is 19.9 Å². The van der Waals surface area contributed by atoms with E-state index < -0.39 is 0 Å². The molecule has 0 aliphatic heterocycles. The van der Waals surface area contributed by atoms with Gasteiger partial charge in [-0.1, -0.05) is 32.0 Å². The van der Waals surface area contributed by atoms with Crippen molar-refractivity contribution < 1.29 is 0 Å². The molecule has 0 amide bonds. The fourth-order valence-corrected chi connectivity index (χ4v) is 2.26. The summed E-state index contributed by atoms with van der Waals surface area (Å²) in [5.74, 6) is 7.58. The smallest absolute Gasteiger partial charge is 0.263 e. The molecular formula is C15H19N7. The first kappa shape index (κ1) is 14.1. The van der Waals surface area contributed by atoms with Gasteiger partial charge in [-0.25, -0.2) is 10.1 Å². The first-order valence-electron chi connectivity index (χ1n) is 7.19. The number of nitrogens with two attached hydrogens (primary N) is 1. The Bertz CT molecular complexity index is 797. The van der Waals surface area contributed by atoms with Gasteiger partial charge in [-0.15, -0.1) is 10.2 Å². The van der Waals surface area contributed by atoms with Gasteiger partial charge in [-0.3, -0.25) is 0 Å². The maximum atomic E-state index is 5.95. The quantitative estimate of drug-likeness (QED) is 0.382. The monoisotopic (exact) mass is 297 g/mol. The predicted octanol–water partition coefficient (Wildman–Crippen LogP) is 2.12. The molecule has 22 heavy (non-hydrogen) atoms. The molecule has 7 nitrogen and oxygen atoms in total. The zero-order valence-electron chi connectivity index (χ0n) is 12.6. The topological polar surface area (TPSA) is 96.9 Å². The lowest BCUT2D eigenvalue weighted by atomic mass is 10.1. The van der Waals surface area contributed by atoms with E-state index in [0.717, 1.165) is 28.7 Å². The summed E-state index contributed by atoms with van der Waals surface area (Å²) in [6.45, 7) is 4.22. The molecule has 0 bridgehead atoms. The van der Waals surface area contributed by atoms with Crippen molar-refractivity contribution in [3.63, 3.8) is 0 Å².